The number of carbonyl (C=O) groups is 1. The van der Waals surface area contributed by atoms with Crippen molar-refractivity contribution in [1.29, 1.82) is 5.26 Å². The van der Waals surface area contributed by atoms with Gasteiger partial charge in [0.15, 0.2) is 0 Å². The number of para-hydroxylation sites is 1. The van der Waals surface area contributed by atoms with Crippen molar-refractivity contribution >= 4 is 11.7 Å². The number of halogens is 3. The zero-order valence-electron chi connectivity index (χ0n) is 11.7. The van der Waals surface area contributed by atoms with Crippen LogP contribution in [0.4, 0.5) is 23.7 Å². The molecule has 0 saturated carbocycles. The Labute approximate surface area is 121 Å². The summed E-state index contributed by atoms with van der Waals surface area (Å²) in [5, 5.41) is 13.7. The molecule has 7 heteroatoms. The highest BCUT2D eigenvalue weighted by Crippen LogP contribution is 2.34. The molecule has 0 atom stereocenters. The summed E-state index contributed by atoms with van der Waals surface area (Å²) in [6.45, 7) is 3.44. The maximum atomic E-state index is 12.8. The molecule has 1 aromatic carbocycles. The molecule has 0 heterocycles. The summed E-state index contributed by atoms with van der Waals surface area (Å²) >= 11 is 0. The van der Waals surface area contributed by atoms with E-state index in [1.807, 2.05) is 6.07 Å². The van der Waals surface area contributed by atoms with Crippen LogP contribution < -0.4 is 10.6 Å². The molecule has 2 N–H and O–H groups in total. The van der Waals surface area contributed by atoms with Crippen LogP contribution >= 0.6 is 0 Å². The van der Waals surface area contributed by atoms with Gasteiger partial charge in [0, 0.05) is 0 Å². The number of carbonyl (C=O) groups excluding carboxylic acids is 1. The molecule has 0 unspecified atom stereocenters. The first-order valence-electron chi connectivity index (χ1n) is 6.44. The molecular formula is C14H16F3N3O. The molecule has 0 aliphatic heterocycles. The molecule has 114 valence electrons. The van der Waals surface area contributed by atoms with Crippen molar-refractivity contribution in [2.45, 2.75) is 38.4 Å². The Morgan fingerprint density at radius 3 is 2.29 bits per heavy atom. The summed E-state index contributed by atoms with van der Waals surface area (Å²) in [5.74, 6) is 0. The number of alkyl halides is 3. The Morgan fingerprint density at radius 1 is 1.24 bits per heavy atom. The van der Waals surface area contributed by atoms with E-state index in [0.717, 1.165) is 12.1 Å². The molecule has 0 aliphatic carbocycles. The van der Waals surface area contributed by atoms with E-state index in [-0.39, 0.29) is 5.69 Å². The Morgan fingerprint density at radius 2 is 1.81 bits per heavy atom. The minimum atomic E-state index is -4.56. The van der Waals surface area contributed by atoms with Gasteiger partial charge >= 0.3 is 12.2 Å². The van der Waals surface area contributed by atoms with Crippen molar-refractivity contribution in [1.82, 2.24) is 5.32 Å². The fourth-order valence-electron chi connectivity index (χ4n) is 1.82. The fraction of sp³-hybridized carbons (Fsp3) is 0.429. The van der Waals surface area contributed by atoms with Gasteiger partial charge in [-0.2, -0.15) is 18.4 Å². The first-order valence-corrected chi connectivity index (χ1v) is 6.44. The molecular weight excluding hydrogens is 283 g/mol. The Balaban J connectivity index is 2.93. The van der Waals surface area contributed by atoms with Crippen LogP contribution in [0.3, 0.4) is 0 Å². The van der Waals surface area contributed by atoms with Crippen molar-refractivity contribution in [3.63, 3.8) is 0 Å². The predicted octanol–water partition coefficient (Wildman–Crippen LogP) is 3.91. The number of anilines is 1. The highest BCUT2D eigenvalue weighted by Gasteiger charge is 2.34. The van der Waals surface area contributed by atoms with Crippen LogP contribution in [0.2, 0.25) is 0 Å². The zero-order valence-corrected chi connectivity index (χ0v) is 11.7. The summed E-state index contributed by atoms with van der Waals surface area (Å²) in [7, 11) is 0. The number of hydrogen-bond donors (Lipinski definition) is 2. The molecule has 0 radical (unpaired) electrons. The molecule has 0 fully saturated rings. The highest BCUT2D eigenvalue weighted by atomic mass is 19.4. The van der Waals surface area contributed by atoms with Gasteiger partial charge in [-0.05, 0) is 25.0 Å². The number of benzene rings is 1. The summed E-state index contributed by atoms with van der Waals surface area (Å²) in [6.07, 6.45) is -3.85. The third kappa shape index (κ3) is 4.12. The normalized spacial score (nSPS) is 11.6. The van der Waals surface area contributed by atoms with E-state index in [9.17, 15) is 18.0 Å². The first kappa shape index (κ1) is 16.8. The summed E-state index contributed by atoms with van der Waals surface area (Å²) < 4.78 is 38.4. The maximum Gasteiger partial charge on any atom is 0.418 e. The van der Waals surface area contributed by atoms with E-state index >= 15 is 0 Å². The Hall–Kier alpha value is -2.23. The van der Waals surface area contributed by atoms with E-state index in [0.29, 0.717) is 12.8 Å². The lowest BCUT2D eigenvalue weighted by Gasteiger charge is -2.25. The van der Waals surface area contributed by atoms with Crippen LogP contribution in [0.5, 0.6) is 0 Å². The molecule has 21 heavy (non-hydrogen) atoms. The molecule has 0 aromatic heterocycles. The zero-order chi connectivity index (χ0) is 16.1. The molecule has 2 amide bonds. The quantitative estimate of drug-likeness (QED) is 0.885. The predicted molar refractivity (Wildman–Crippen MR) is 72.5 cm³/mol. The third-order valence-electron chi connectivity index (χ3n) is 3.25. The number of amides is 2. The van der Waals surface area contributed by atoms with Gasteiger partial charge in [0.1, 0.15) is 5.54 Å². The van der Waals surface area contributed by atoms with Crippen LogP contribution in [-0.4, -0.2) is 11.6 Å². The smallest absolute Gasteiger partial charge is 0.319 e. The van der Waals surface area contributed by atoms with Crippen molar-refractivity contribution in [2.75, 3.05) is 5.32 Å². The number of urea groups is 1. The molecule has 1 rings (SSSR count). The van der Waals surface area contributed by atoms with Gasteiger partial charge in [-0.15, -0.1) is 0 Å². The van der Waals surface area contributed by atoms with Gasteiger partial charge in [0.05, 0.1) is 17.3 Å². The van der Waals surface area contributed by atoms with Crippen molar-refractivity contribution < 1.29 is 18.0 Å². The summed E-state index contributed by atoms with van der Waals surface area (Å²) in [4.78, 5) is 11.8. The second kappa shape index (κ2) is 6.48. The second-order valence-electron chi connectivity index (χ2n) is 4.52. The van der Waals surface area contributed by atoms with E-state index in [4.69, 9.17) is 5.26 Å². The van der Waals surface area contributed by atoms with Gasteiger partial charge in [-0.25, -0.2) is 4.79 Å². The Kier molecular flexibility index (Phi) is 5.19. The summed E-state index contributed by atoms with van der Waals surface area (Å²) in [5.41, 5.74) is -2.37. The SMILES string of the molecule is CCC(C#N)(CC)NC(=O)Nc1ccccc1C(F)(F)F. The lowest BCUT2D eigenvalue weighted by Crippen LogP contribution is -2.48. The monoisotopic (exact) mass is 299 g/mol. The average molecular weight is 299 g/mol. The number of rotatable bonds is 4. The van der Waals surface area contributed by atoms with Gasteiger partial charge in [-0.1, -0.05) is 26.0 Å². The van der Waals surface area contributed by atoms with Crippen molar-refractivity contribution in [2.24, 2.45) is 0 Å². The fourth-order valence-corrected chi connectivity index (χ4v) is 1.82. The number of nitriles is 1. The van der Waals surface area contributed by atoms with Gasteiger partial charge in [-0.3, -0.25) is 0 Å². The van der Waals surface area contributed by atoms with Crippen LogP contribution in [0.15, 0.2) is 24.3 Å². The van der Waals surface area contributed by atoms with Crippen molar-refractivity contribution in [3.8, 4) is 6.07 Å². The number of nitrogens with one attached hydrogen (secondary N) is 2. The van der Waals surface area contributed by atoms with E-state index < -0.39 is 23.3 Å². The average Bonchev–Trinajstić information content (AvgIpc) is 2.44. The van der Waals surface area contributed by atoms with E-state index in [1.54, 1.807) is 13.8 Å². The standard InChI is InChI=1S/C14H16F3N3O/c1-3-13(4-2,9-18)20-12(21)19-11-8-6-5-7-10(11)14(15,16)17/h5-8H,3-4H2,1-2H3,(H2,19,20,21). The van der Waals surface area contributed by atoms with Crippen LogP contribution in [0.1, 0.15) is 32.3 Å². The molecule has 1 aromatic rings. The van der Waals surface area contributed by atoms with Crippen molar-refractivity contribution in [3.05, 3.63) is 29.8 Å². The molecule has 0 saturated heterocycles. The van der Waals surface area contributed by atoms with Gasteiger partial charge in [0.2, 0.25) is 0 Å². The van der Waals surface area contributed by atoms with Gasteiger partial charge < -0.3 is 10.6 Å². The minimum absolute atomic E-state index is 0.346. The molecule has 4 nitrogen and oxygen atoms in total. The Bertz CT molecular complexity index is 545. The summed E-state index contributed by atoms with van der Waals surface area (Å²) in [6, 6.07) is 5.82. The van der Waals surface area contributed by atoms with Gasteiger partial charge in [0.25, 0.3) is 0 Å². The second-order valence-corrected chi connectivity index (χ2v) is 4.52. The third-order valence-corrected chi connectivity index (χ3v) is 3.25. The molecule has 0 aliphatic rings. The molecule has 0 bridgehead atoms. The van der Waals surface area contributed by atoms with E-state index in [2.05, 4.69) is 10.6 Å². The molecule has 0 spiro atoms. The van der Waals surface area contributed by atoms with Crippen LogP contribution in [-0.2, 0) is 6.18 Å². The first-order chi connectivity index (χ1) is 9.78. The van der Waals surface area contributed by atoms with Crippen LogP contribution in [0.25, 0.3) is 0 Å². The van der Waals surface area contributed by atoms with Crippen LogP contribution in [0, 0.1) is 11.3 Å². The largest absolute Gasteiger partial charge is 0.418 e. The lowest BCUT2D eigenvalue weighted by molar-refractivity contribution is -0.136. The lowest BCUT2D eigenvalue weighted by atomic mass is 9.95. The highest BCUT2D eigenvalue weighted by molar-refractivity contribution is 5.91. The minimum Gasteiger partial charge on any atom is -0.319 e. The maximum absolute atomic E-state index is 12.8. The van der Waals surface area contributed by atoms with E-state index in [1.165, 1.54) is 12.1 Å². The number of hydrogen-bond acceptors (Lipinski definition) is 2. The number of nitrogens with zero attached hydrogens (tertiary/aromatic N) is 1. The topological polar surface area (TPSA) is 64.9 Å².